The van der Waals surface area contributed by atoms with Crippen LogP contribution < -0.4 is 4.90 Å². The normalized spacial score (nSPS) is 22.5. The number of rotatable bonds is 2. The van der Waals surface area contributed by atoms with Gasteiger partial charge in [-0.2, -0.15) is 0 Å². The molecule has 3 aliphatic rings. The van der Waals surface area contributed by atoms with E-state index in [0.717, 1.165) is 33.5 Å². The summed E-state index contributed by atoms with van der Waals surface area (Å²) in [6.45, 7) is 4.42. The van der Waals surface area contributed by atoms with E-state index in [1.54, 1.807) is 0 Å². The smallest absolute Gasteiger partial charge is 0.337 e. The highest BCUT2D eigenvalue weighted by Crippen LogP contribution is 2.52. The molecule has 31 heavy (non-hydrogen) atoms. The van der Waals surface area contributed by atoms with Crippen molar-refractivity contribution < 1.29 is 14.3 Å². The van der Waals surface area contributed by atoms with E-state index in [4.69, 9.17) is 16.3 Å². The van der Waals surface area contributed by atoms with Gasteiger partial charge in [-0.05, 0) is 53.8 Å². The van der Waals surface area contributed by atoms with E-state index >= 15 is 0 Å². The van der Waals surface area contributed by atoms with Crippen LogP contribution in [0.5, 0.6) is 0 Å². The van der Waals surface area contributed by atoms with Crippen molar-refractivity contribution in [3.63, 3.8) is 0 Å². The number of carbonyl (C=O) groups excluding carboxylic acids is 2. The SMILES string of the molecule is CC1(C)CC(=O)C2=C(C1)N(c1ccc(Cl)cc1)C1=C(C(=O)OC1)C2c1ccc(Br)cc1. The standard InChI is InChI=1S/C25H21BrClNO3/c1-25(2)11-18-22(20(29)12-25)21(14-3-5-15(26)6-4-14)23-19(13-31-24(23)30)28(18)17-9-7-16(27)8-10-17/h3-10,21H,11-13H2,1-2H3. The van der Waals surface area contributed by atoms with Crippen molar-refractivity contribution in [2.45, 2.75) is 32.6 Å². The third-order valence-corrected chi connectivity index (χ3v) is 6.95. The fourth-order valence-corrected chi connectivity index (χ4v) is 5.29. The van der Waals surface area contributed by atoms with E-state index in [9.17, 15) is 9.59 Å². The van der Waals surface area contributed by atoms with Crippen LogP contribution in [-0.2, 0) is 14.3 Å². The van der Waals surface area contributed by atoms with Crippen molar-refractivity contribution in [3.8, 4) is 0 Å². The number of halogens is 2. The Morgan fingerprint density at radius 3 is 2.32 bits per heavy atom. The molecule has 0 saturated heterocycles. The van der Waals surface area contributed by atoms with Gasteiger partial charge in [-0.3, -0.25) is 4.79 Å². The topological polar surface area (TPSA) is 46.6 Å². The lowest BCUT2D eigenvalue weighted by Crippen LogP contribution is -2.40. The van der Waals surface area contributed by atoms with Crippen LogP contribution in [0, 0.1) is 5.41 Å². The number of Topliss-reactive ketones (excluding diaryl/α,β-unsaturated/α-hetero) is 1. The van der Waals surface area contributed by atoms with Gasteiger partial charge in [-0.25, -0.2) is 4.79 Å². The lowest BCUT2D eigenvalue weighted by atomic mass is 9.68. The first-order valence-electron chi connectivity index (χ1n) is 10.2. The molecule has 2 aromatic rings. The van der Waals surface area contributed by atoms with Gasteiger partial charge in [0.25, 0.3) is 0 Å². The summed E-state index contributed by atoms with van der Waals surface area (Å²) in [5.74, 6) is -0.685. The van der Waals surface area contributed by atoms with E-state index in [0.29, 0.717) is 22.6 Å². The van der Waals surface area contributed by atoms with Gasteiger partial charge in [0.2, 0.25) is 0 Å². The first kappa shape index (κ1) is 20.5. The molecule has 2 aromatic carbocycles. The fourth-order valence-electron chi connectivity index (χ4n) is 4.90. The van der Waals surface area contributed by atoms with Crippen molar-refractivity contribution in [1.29, 1.82) is 0 Å². The summed E-state index contributed by atoms with van der Waals surface area (Å²) < 4.78 is 6.46. The second kappa shape index (κ2) is 7.35. The van der Waals surface area contributed by atoms with Crippen LogP contribution >= 0.6 is 27.5 Å². The quantitative estimate of drug-likeness (QED) is 0.465. The third kappa shape index (κ3) is 3.44. The Morgan fingerprint density at radius 1 is 0.968 bits per heavy atom. The maximum absolute atomic E-state index is 13.5. The number of allylic oxidation sites excluding steroid dienone is 2. The van der Waals surface area contributed by atoms with Crippen LogP contribution in [0.4, 0.5) is 5.69 Å². The Hall–Kier alpha value is -2.37. The van der Waals surface area contributed by atoms with Gasteiger partial charge in [0, 0.05) is 38.8 Å². The summed E-state index contributed by atoms with van der Waals surface area (Å²) in [5, 5.41) is 0.635. The largest absolute Gasteiger partial charge is 0.456 e. The maximum atomic E-state index is 13.5. The van der Waals surface area contributed by atoms with E-state index in [-0.39, 0.29) is 23.8 Å². The molecule has 0 N–H and O–H groups in total. The minimum absolute atomic E-state index is 0.0874. The van der Waals surface area contributed by atoms with Crippen molar-refractivity contribution >= 4 is 45.0 Å². The Labute approximate surface area is 194 Å². The molecule has 0 amide bonds. The molecule has 4 nitrogen and oxygen atoms in total. The molecule has 0 saturated carbocycles. The second-order valence-electron chi connectivity index (χ2n) is 9.03. The molecule has 2 heterocycles. The zero-order valence-corrected chi connectivity index (χ0v) is 19.6. The van der Waals surface area contributed by atoms with Crippen LogP contribution in [0.25, 0.3) is 0 Å². The highest BCUT2D eigenvalue weighted by atomic mass is 79.9. The van der Waals surface area contributed by atoms with E-state index in [1.807, 2.05) is 48.5 Å². The van der Waals surface area contributed by atoms with E-state index in [1.165, 1.54) is 0 Å². The zero-order valence-electron chi connectivity index (χ0n) is 17.2. The van der Waals surface area contributed by atoms with Gasteiger partial charge >= 0.3 is 5.97 Å². The van der Waals surface area contributed by atoms with Crippen molar-refractivity contribution in [3.05, 3.63) is 86.1 Å². The summed E-state index contributed by atoms with van der Waals surface area (Å²) >= 11 is 9.61. The van der Waals surface area contributed by atoms with E-state index in [2.05, 4.69) is 34.7 Å². The van der Waals surface area contributed by atoms with Crippen LogP contribution in [0.1, 0.15) is 38.2 Å². The Balaban J connectivity index is 1.78. The zero-order chi connectivity index (χ0) is 21.9. The number of esters is 1. The predicted octanol–water partition coefficient (Wildman–Crippen LogP) is 6.16. The Kier molecular flexibility index (Phi) is 4.87. The molecule has 1 unspecified atom stereocenters. The number of benzene rings is 2. The van der Waals surface area contributed by atoms with Gasteiger partial charge < -0.3 is 9.64 Å². The molecule has 158 valence electrons. The monoisotopic (exact) mass is 497 g/mol. The molecule has 6 heteroatoms. The number of hydrogen-bond acceptors (Lipinski definition) is 4. The number of nitrogens with zero attached hydrogens (tertiary/aromatic N) is 1. The summed E-state index contributed by atoms with van der Waals surface area (Å²) in [7, 11) is 0. The van der Waals surface area contributed by atoms with Crippen molar-refractivity contribution in [1.82, 2.24) is 0 Å². The number of hydrogen-bond donors (Lipinski definition) is 0. The summed E-state index contributed by atoms with van der Waals surface area (Å²) in [4.78, 5) is 28.5. The molecule has 1 aliphatic carbocycles. The van der Waals surface area contributed by atoms with Gasteiger partial charge in [0.15, 0.2) is 5.78 Å². The number of carbonyl (C=O) groups is 2. The van der Waals surface area contributed by atoms with Crippen LogP contribution in [-0.4, -0.2) is 18.4 Å². The Morgan fingerprint density at radius 2 is 1.65 bits per heavy atom. The average Bonchev–Trinajstić information content (AvgIpc) is 3.08. The van der Waals surface area contributed by atoms with Gasteiger partial charge in [-0.15, -0.1) is 0 Å². The molecular weight excluding hydrogens is 478 g/mol. The lowest BCUT2D eigenvalue weighted by Gasteiger charge is -2.43. The minimum Gasteiger partial charge on any atom is -0.456 e. The number of ketones is 1. The van der Waals surface area contributed by atoms with Gasteiger partial charge in [0.05, 0.1) is 11.3 Å². The first-order chi connectivity index (χ1) is 14.7. The predicted molar refractivity (Wildman–Crippen MR) is 124 cm³/mol. The van der Waals surface area contributed by atoms with Crippen LogP contribution in [0.2, 0.25) is 5.02 Å². The molecular formula is C25H21BrClNO3. The van der Waals surface area contributed by atoms with Crippen LogP contribution in [0.15, 0.2) is 75.5 Å². The van der Waals surface area contributed by atoms with Crippen molar-refractivity contribution in [2.75, 3.05) is 11.5 Å². The minimum atomic E-state index is -0.416. The highest BCUT2D eigenvalue weighted by Gasteiger charge is 2.48. The Bertz CT molecular complexity index is 1160. The molecule has 0 bridgehead atoms. The molecule has 0 aromatic heterocycles. The molecule has 5 rings (SSSR count). The first-order valence-corrected chi connectivity index (χ1v) is 11.4. The highest BCUT2D eigenvalue weighted by molar-refractivity contribution is 9.10. The second-order valence-corrected chi connectivity index (χ2v) is 10.4. The number of ether oxygens (including phenoxy) is 1. The van der Waals surface area contributed by atoms with Crippen molar-refractivity contribution in [2.24, 2.45) is 5.41 Å². The van der Waals surface area contributed by atoms with Gasteiger partial charge in [0.1, 0.15) is 6.61 Å². The van der Waals surface area contributed by atoms with Gasteiger partial charge in [-0.1, -0.05) is 53.5 Å². The molecule has 1 atom stereocenters. The third-order valence-electron chi connectivity index (χ3n) is 6.17. The molecule has 0 fully saturated rings. The average molecular weight is 499 g/mol. The van der Waals surface area contributed by atoms with E-state index < -0.39 is 5.92 Å². The fraction of sp³-hybridized carbons (Fsp3) is 0.280. The molecule has 0 radical (unpaired) electrons. The van der Waals surface area contributed by atoms with Crippen LogP contribution in [0.3, 0.4) is 0 Å². The summed E-state index contributed by atoms with van der Waals surface area (Å²) in [6, 6.07) is 15.3. The molecule has 2 aliphatic heterocycles. The summed E-state index contributed by atoms with van der Waals surface area (Å²) in [5.41, 5.74) is 4.65. The molecule has 0 spiro atoms. The number of anilines is 1. The lowest BCUT2D eigenvalue weighted by molar-refractivity contribution is -0.136. The maximum Gasteiger partial charge on any atom is 0.337 e. The number of cyclic esters (lactones) is 1. The summed E-state index contributed by atoms with van der Waals surface area (Å²) in [6.07, 6.45) is 1.18.